The molecule has 0 nitrogen and oxygen atoms in total. The molecule has 0 aliphatic heterocycles. The summed E-state index contributed by atoms with van der Waals surface area (Å²) in [5.41, 5.74) is 0.0624. The summed E-state index contributed by atoms with van der Waals surface area (Å²) >= 11 is 0. The van der Waals surface area contributed by atoms with E-state index in [2.05, 4.69) is 0 Å². The van der Waals surface area contributed by atoms with E-state index in [1.165, 1.54) is 18.2 Å². The van der Waals surface area contributed by atoms with Gasteiger partial charge >= 0.3 is 0 Å². The Morgan fingerprint density at radius 1 is 1.20 bits per heavy atom. The molecule has 0 heterocycles. The number of rotatable bonds is 1. The maximum absolute atomic E-state index is 13.5. The van der Waals surface area contributed by atoms with Gasteiger partial charge in [-0.1, -0.05) is 32.9 Å². The molecule has 1 aromatic rings. The maximum Gasteiger partial charge on any atom is 0.270 e. The molecule has 0 amide bonds. The zero-order valence-corrected chi connectivity index (χ0v) is 8.94. The van der Waals surface area contributed by atoms with E-state index < -0.39 is 17.3 Å². The van der Waals surface area contributed by atoms with Gasteiger partial charge in [-0.3, -0.25) is 0 Å². The molecule has 0 aliphatic rings. The summed E-state index contributed by atoms with van der Waals surface area (Å²) in [5.74, 6) is -0.447. The Hall–Kier alpha value is -1.25. The first kappa shape index (κ1) is 11.8. The van der Waals surface area contributed by atoms with Crippen molar-refractivity contribution in [1.82, 2.24) is 0 Å². The molecule has 0 saturated heterocycles. The molecule has 0 aromatic heterocycles. The van der Waals surface area contributed by atoms with Crippen molar-refractivity contribution in [2.45, 2.75) is 26.2 Å². The molecule has 1 aromatic carbocycles. The Balaban J connectivity index is 3.40. The van der Waals surface area contributed by atoms with E-state index >= 15 is 0 Å². The largest absolute Gasteiger partial charge is 0.270 e. The van der Waals surface area contributed by atoms with Crippen LogP contribution in [0.1, 0.15) is 31.9 Å². The zero-order valence-electron chi connectivity index (χ0n) is 8.94. The molecule has 0 bridgehead atoms. The van der Waals surface area contributed by atoms with Crippen LogP contribution in [-0.4, -0.2) is 0 Å². The standard InChI is InChI=1S/C12H13F3/c1-12(2,3)11-8(7-10(14)15)5-4-6-9(11)13/h4-7H,1-3H3. The minimum Gasteiger partial charge on any atom is -0.207 e. The molecule has 0 radical (unpaired) electrons. The van der Waals surface area contributed by atoms with Crippen LogP contribution in [0.5, 0.6) is 0 Å². The molecule has 0 N–H and O–H groups in total. The van der Waals surface area contributed by atoms with Gasteiger partial charge in [0.05, 0.1) is 0 Å². The van der Waals surface area contributed by atoms with Crippen LogP contribution < -0.4 is 0 Å². The summed E-state index contributed by atoms with van der Waals surface area (Å²) in [6.07, 6.45) is -1.12. The molecule has 0 atom stereocenters. The zero-order chi connectivity index (χ0) is 11.6. The molecule has 0 saturated carbocycles. The normalized spacial score (nSPS) is 11.3. The maximum atomic E-state index is 13.5. The van der Waals surface area contributed by atoms with Gasteiger partial charge in [0.15, 0.2) is 0 Å². The fraction of sp³-hybridized carbons (Fsp3) is 0.333. The van der Waals surface area contributed by atoms with E-state index in [0.29, 0.717) is 11.6 Å². The van der Waals surface area contributed by atoms with Gasteiger partial charge in [-0.2, -0.15) is 8.78 Å². The van der Waals surface area contributed by atoms with Crippen LogP contribution in [0, 0.1) is 5.82 Å². The lowest BCUT2D eigenvalue weighted by molar-refractivity contribution is 0.429. The van der Waals surface area contributed by atoms with Gasteiger partial charge in [-0.05, 0) is 17.0 Å². The van der Waals surface area contributed by atoms with Crippen molar-refractivity contribution in [3.63, 3.8) is 0 Å². The fourth-order valence-corrected chi connectivity index (χ4v) is 1.57. The fourth-order valence-electron chi connectivity index (χ4n) is 1.57. The molecule has 0 unspecified atom stereocenters. The van der Waals surface area contributed by atoms with Crippen LogP contribution in [0.25, 0.3) is 6.08 Å². The second-order valence-electron chi connectivity index (χ2n) is 4.39. The molecule has 15 heavy (non-hydrogen) atoms. The Labute approximate surface area is 87.4 Å². The molecule has 1 rings (SSSR count). The number of hydrogen-bond acceptors (Lipinski definition) is 0. The number of halogens is 3. The van der Waals surface area contributed by atoms with E-state index in [9.17, 15) is 13.2 Å². The van der Waals surface area contributed by atoms with Gasteiger partial charge in [0, 0.05) is 11.6 Å². The van der Waals surface area contributed by atoms with Crippen molar-refractivity contribution in [1.29, 1.82) is 0 Å². The van der Waals surface area contributed by atoms with Crippen molar-refractivity contribution < 1.29 is 13.2 Å². The number of hydrogen-bond donors (Lipinski definition) is 0. The smallest absolute Gasteiger partial charge is 0.207 e. The molecular weight excluding hydrogens is 201 g/mol. The Morgan fingerprint density at radius 2 is 1.80 bits per heavy atom. The summed E-state index contributed by atoms with van der Waals surface area (Å²) in [7, 11) is 0. The predicted octanol–water partition coefficient (Wildman–Crippen LogP) is 4.36. The van der Waals surface area contributed by atoms with Gasteiger partial charge in [0.2, 0.25) is 0 Å². The predicted molar refractivity (Wildman–Crippen MR) is 55.3 cm³/mol. The molecule has 0 spiro atoms. The van der Waals surface area contributed by atoms with Gasteiger partial charge in [-0.25, -0.2) is 4.39 Å². The van der Waals surface area contributed by atoms with Crippen molar-refractivity contribution in [2.75, 3.05) is 0 Å². The lowest BCUT2D eigenvalue weighted by Gasteiger charge is -2.22. The third-order valence-electron chi connectivity index (χ3n) is 2.06. The summed E-state index contributed by atoms with van der Waals surface area (Å²) < 4.78 is 37.8. The lowest BCUT2D eigenvalue weighted by Crippen LogP contribution is -2.15. The average Bonchev–Trinajstić information content (AvgIpc) is 1.99. The van der Waals surface area contributed by atoms with Crippen LogP contribution in [0.2, 0.25) is 0 Å². The minimum absolute atomic E-state index is 0.238. The Kier molecular flexibility index (Phi) is 3.22. The Morgan fingerprint density at radius 3 is 2.27 bits per heavy atom. The van der Waals surface area contributed by atoms with Gasteiger partial charge in [0.25, 0.3) is 6.08 Å². The summed E-state index contributed by atoms with van der Waals surface area (Å²) in [5, 5.41) is 0. The highest BCUT2D eigenvalue weighted by Crippen LogP contribution is 2.30. The summed E-state index contributed by atoms with van der Waals surface area (Å²) in [4.78, 5) is 0. The van der Waals surface area contributed by atoms with E-state index in [-0.39, 0.29) is 5.56 Å². The molecular formula is C12H13F3. The highest BCUT2D eigenvalue weighted by Gasteiger charge is 2.21. The van der Waals surface area contributed by atoms with Crippen LogP contribution in [0.3, 0.4) is 0 Å². The SMILES string of the molecule is CC(C)(C)c1c(F)cccc1C=C(F)F. The van der Waals surface area contributed by atoms with Crippen molar-refractivity contribution >= 4 is 6.08 Å². The summed E-state index contributed by atoms with van der Waals surface area (Å²) in [6, 6.07) is 4.20. The van der Waals surface area contributed by atoms with E-state index in [0.717, 1.165) is 0 Å². The third-order valence-corrected chi connectivity index (χ3v) is 2.06. The van der Waals surface area contributed by atoms with E-state index in [1.807, 2.05) is 0 Å². The summed E-state index contributed by atoms with van der Waals surface area (Å²) in [6.45, 7) is 5.37. The van der Waals surface area contributed by atoms with Gasteiger partial charge < -0.3 is 0 Å². The van der Waals surface area contributed by atoms with Crippen LogP contribution in [-0.2, 0) is 5.41 Å². The Bertz CT molecular complexity index is 382. The van der Waals surface area contributed by atoms with Crippen LogP contribution in [0.4, 0.5) is 13.2 Å². The molecule has 0 aliphatic carbocycles. The second-order valence-corrected chi connectivity index (χ2v) is 4.39. The van der Waals surface area contributed by atoms with E-state index in [4.69, 9.17) is 0 Å². The number of benzene rings is 1. The van der Waals surface area contributed by atoms with Gasteiger partial charge in [0.1, 0.15) is 5.82 Å². The van der Waals surface area contributed by atoms with Crippen LogP contribution >= 0.6 is 0 Å². The topological polar surface area (TPSA) is 0 Å². The van der Waals surface area contributed by atoms with Crippen molar-refractivity contribution in [3.05, 3.63) is 41.2 Å². The van der Waals surface area contributed by atoms with Crippen molar-refractivity contribution in [3.8, 4) is 0 Å². The minimum atomic E-state index is -1.81. The molecule has 3 heteroatoms. The monoisotopic (exact) mass is 214 g/mol. The second kappa shape index (κ2) is 4.09. The highest BCUT2D eigenvalue weighted by molar-refractivity contribution is 5.56. The first-order valence-electron chi connectivity index (χ1n) is 4.64. The average molecular weight is 214 g/mol. The quantitative estimate of drug-likeness (QED) is 0.651. The first-order valence-corrected chi connectivity index (χ1v) is 4.64. The molecule has 82 valence electrons. The van der Waals surface area contributed by atoms with E-state index in [1.54, 1.807) is 20.8 Å². The van der Waals surface area contributed by atoms with Crippen LogP contribution in [0.15, 0.2) is 24.3 Å². The van der Waals surface area contributed by atoms with Crippen molar-refractivity contribution in [2.24, 2.45) is 0 Å². The highest BCUT2D eigenvalue weighted by atomic mass is 19.3. The van der Waals surface area contributed by atoms with Gasteiger partial charge in [-0.15, -0.1) is 0 Å². The lowest BCUT2D eigenvalue weighted by atomic mass is 9.83. The molecule has 0 fully saturated rings. The third kappa shape index (κ3) is 2.85. The first-order chi connectivity index (χ1) is 6.82.